The van der Waals surface area contributed by atoms with E-state index in [4.69, 9.17) is 15.2 Å². The largest absolute Gasteiger partial charge is 0.450 e. The average Bonchev–Trinajstić information content (AvgIpc) is 2.65. The highest BCUT2D eigenvalue weighted by molar-refractivity contribution is 5.70. The fraction of sp³-hybridized carbons (Fsp3) is 0.375. The van der Waals surface area contributed by atoms with E-state index in [1.165, 1.54) is 6.33 Å². The fourth-order valence-electron chi connectivity index (χ4n) is 2.54. The van der Waals surface area contributed by atoms with E-state index in [2.05, 4.69) is 15.0 Å². The minimum absolute atomic E-state index is 0.283. The minimum Gasteiger partial charge on any atom is -0.450 e. The Morgan fingerprint density at radius 1 is 1.28 bits per heavy atom. The van der Waals surface area contributed by atoms with Crippen molar-refractivity contribution in [2.45, 2.75) is 6.92 Å². The first-order valence-electron chi connectivity index (χ1n) is 8.04. The van der Waals surface area contributed by atoms with Gasteiger partial charge in [-0.3, -0.25) is 4.98 Å². The number of anilines is 2. The zero-order valence-corrected chi connectivity index (χ0v) is 14.0. The van der Waals surface area contributed by atoms with Gasteiger partial charge in [-0.25, -0.2) is 9.78 Å². The molecule has 9 heteroatoms. The second kappa shape index (κ2) is 7.65. The number of carbonyl (C=O) groups excluding carboxylic acids is 1. The van der Waals surface area contributed by atoms with E-state index in [0.717, 1.165) is 0 Å². The number of ether oxygens (including phenoxy) is 2. The third-order valence-electron chi connectivity index (χ3n) is 3.78. The van der Waals surface area contributed by atoms with Crippen molar-refractivity contribution in [2.75, 3.05) is 43.4 Å². The molecule has 0 saturated carbocycles. The molecule has 1 fully saturated rings. The first-order chi connectivity index (χ1) is 12.2. The van der Waals surface area contributed by atoms with E-state index in [0.29, 0.717) is 50.0 Å². The molecule has 9 nitrogen and oxygen atoms in total. The highest BCUT2D eigenvalue weighted by Crippen LogP contribution is 2.31. The molecule has 1 amide bonds. The number of nitrogen functional groups attached to an aromatic ring is 1. The summed E-state index contributed by atoms with van der Waals surface area (Å²) in [6, 6.07) is 3.54. The molecule has 2 aromatic rings. The number of piperazine rings is 1. The third kappa shape index (κ3) is 3.87. The molecule has 0 spiro atoms. The summed E-state index contributed by atoms with van der Waals surface area (Å²) in [5, 5.41) is 0. The molecule has 1 aliphatic heterocycles. The SMILES string of the molecule is CCOC(=O)N1CCN(c2ncnc(Oc3cccnc3)c2N)CC1. The summed E-state index contributed by atoms with van der Waals surface area (Å²) in [4.78, 5) is 27.8. The minimum atomic E-state index is -0.293. The van der Waals surface area contributed by atoms with Gasteiger partial charge in [0.1, 0.15) is 17.8 Å². The van der Waals surface area contributed by atoms with Gasteiger partial charge in [-0.15, -0.1) is 0 Å². The summed E-state index contributed by atoms with van der Waals surface area (Å²) in [6.45, 7) is 4.45. The Bertz CT molecular complexity index is 719. The van der Waals surface area contributed by atoms with Gasteiger partial charge in [0.15, 0.2) is 5.82 Å². The zero-order valence-electron chi connectivity index (χ0n) is 14.0. The van der Waals surface area contributed by atoms with Gasteiger partial charge in [0.25, 0.3) is 0 Å². The smallest absolute Gasteiger partial charge is 0.409 e. The summed E-state index contributed by atoms with van der Waals surface area (Å²) < 4.78 is 10.7. The molecule has 0 atom stereocenters. The maximum Gasteiger partial charge on any atom is 0.409 e. The molecule has 0 radical (unpaired) electrons. The molecule has 2 aromatic heterocycles. The Hall–Kier alpha value is -3.10. The van der Waals surface area contributed by atoms with Gasteiger partial charge < -0.3 is 25.0 Å². The number of carbonyl (C=O) groups is 1. The molecule has 25 heavy (non-hydrogen) atoms. The number of pyridine rings is 1. The molecular formula is C16H20N6O3. The van der Waals surface area contributed by atoms with Crippen molar-refractivity contribution in [3.63, 3.8) is 0 Å². The van der Waals surface area contributed by atoms with Crippen molar-refractivity contribution >= 4 is 17.6 Å². The van der Waals surface area contributed by atoms with Gasteiger partial charge in [-0.1, -0.05) is 0 Å². The molecule has 132 valence electrons. The van der Waals surface area contributed by atoms with E-state index >= 15 is 0 Å². The molecular weight excluding hydrogens is 324 g/mol. The molecule has 1 aliphatic rings. The van der Waals surface area contributed by atoms with Crippen LogP contribution in [0.25, 0.3) is 0 Å². The summed E-state index contributed by atoms with van der Waals surface area (Å²) >= 11 is 0. The van der Waals surface area contributed by atoms with Crippen molar-refractivity contribution in [1.82, 2.24) is 19.9 Å². The number of aromatic nitrogens is 3. The number of hydrogen-bond acceptors (Lipinski definition) is 8. The first kappa shape index (κ1) is 16.7. The maximum atomic E-state index is 11.8. The Kier molecular flexibility index (Phi) is 5.12. The quantitative estimate of drug-likeness (QED) is 0.890. The molecule has 0 bridgehead atoms. The molecule has 3 rings (SSSR count). The standard InChI is InChI=1S/C16H20N6O3/c1-2-24-16(23)22-8-6-21(7-9-22)14-13(17)15(20-11-19-14)25-12-4-3-5-18-10-12/h3-5,10-11H,2,6-9,17H2,1H3. The first-order valence-corrected chi connectivity index (χ1v) is 8.04. The van der Waals surface area contributed by atoms with Crippen molar-refractivity contribution in [3.8, 4) is 11.6 Å². The van der Waals surface area contributed by atoms with Crippen molar-refractivity contribution in [1.29, 1.82) is 0 Å². The molecule has 0 unspecified atom stereocenters. The lowest BCUT2D eigenvalue weighted by molar-refractivity contribution is 0.105. The number of hydrogen-bond donors (Lipinski definition) is 1. The van der Waals surface area contributed by atoms with Gasteiger partial charge in [-0.05, 0) is 19.1 Å². The van der Waals surface area contributed by atoms with Crippen LogP contribution in [0.3, 0.4) is 0 Å². The van der Waals surface area contributed by atoms with E-state index < -0.39 is 0 Å². The Morgan fingerprint density at radius 3 is 2.76 bits per heavy atom. The third-order valence-corrected chi connectivity index (χ3v) is 3.78. The van der Waals surface area contributed by atoms with Crippen LogP contribution in [0.15, 0.2) is 30.9 Å². The fourth-order valence-corrected chi connectivity index (χ4v) is 2.54. The van der Waals surface area contributed by atoms with Crippen molar-refractivity contribution in [3.05, 3.63) is 30.9 Å². The average molecular weight is 344 g/mol. The molecule has 3 heterocycles. The maximum absolute atomic E-state index is 11.8. The molecule has 1 saturated heterocycles. The van der Waals surface area contributed by atoms with E-state index in [1.807, 2.05) is 4.90 Å². The topological polar surface area (TPSA) is 107 Å². The van der Waals surface area contributed by atoms with Gasteiger partial charge in [0.2, 0.25) is 5.88 Å². The van der Waals surface area contributed by atoms with Gasteiger partial charge >= 0.3 is 6.09 Å². The van der Waals surface area contributed by atoms with Gasteiger partial charge in [0, 0.05) is 32.4 Å². The van der Waals surface area contributed by atoms with Crippen LogP contribution in [0.5, 0.6) is 11.6 Å². The second-order valence-electron chi connectivity index (χ2n) is 5.38. The van der Waals surface area contributed by atoms with E-state index in [9.17, 15) is 4.79 Å². The van der Waals surface area contributed by atoms with Crippen LogP contribution in [0.1, 0.15) is 6.92 Å². The van der Waals surface area contributed by atoms with E-state index in [1.54, 1.807) is 36.4 Å². The number of amides is 1. The van der Waals surface area contributed by atoms with Crippen LogP contribution >= 0.6 is 0 Å². The number of nitrogens with two attached hydrogens (primary N) is 1. The number of rotatable bonds is 4. The van der Waals surface area contributed by atoms with Gasteiger partial charge in [0.05, 0.1) is 12.8 Å². The number of nitrogens with zero attached hydrogens (tertiary/aromatic N) is 5. The summed E-state index contributed by atoms with van der Waals surface area (Å²) in [7, 11) is 0. The van der Waals surface area contributed by atoms with Crippen molar-refractivity contribution < 1.29 is 14.3 Å². The normalized spacial score (nSPS) is 14.3. The zero-order chi connectivity index (χ0) is 17.6. The molecule has 0 aliphatic carbocycles. The van der Waals surface area contributed by atoms with Crippen LogP contribution in [0, 0.1) is 0 Å². The molecule has 2 N–H and O–H groups in total. The van der Waals surface area contributed by atoms with Crippen molar-refractivity contribution in [2.24, 2.45) is 0 Å². The predicted molar refractivity (Wildman–Crippen MR) is 91.6 cm³/mol. The van der Waals surface area contributed by atoms with Crippen LogP contribution in [0.2, 0.25) is 0 Å². The Labute approximate surface area is 145 Å². The Morgan fingerprint density at radius 2 is 2.08 bits per heavy atom. The summed E-state index contributed by atoms with van der Waals surface area (Å²) in [5.74, 6) is 1.43. The highest BCUT2D eigenvalue weighted by atomic mass is 16.6. The van der Waals surface area contributed by atoms with Crippen LogP contribution in [-0.4, -0.2) is 58.7 Å². The second-order valence-corrected chi connectivity index (χ2v) is 5.38. The van der Waals surface area contributed by atoms with Gasteiger partial charge in [-0.2, -0.15) is 4.98 Å². The molecule has 0 aromatic carbocycles. The summed E-state index contributed by atoms with van der Waals surface area (Å²) in [6.07, 6.45) is 4.36. The van der Waals surface area contributed by atoms with Crippen LogP contribution < -0.4 is 15.4 Å². The Balaban J connectivity index is 1.69. The predicted octanol–water partition coefficient (Wildman–Crippen LogP) is 1.52. The van der Waals surface area contributed by atoms with E-state index in [-0.39, 0.29) is 12.0 Å². The lowest BCUT2D eigenvalue weighted by Gasteiger charge is -2.35. The lowest BCUT2D eigenvalue weighted by Crippen LogP contribution is -2.49. The van der Waals surface area contributed by atoms with Crippen LogP contribution in [-0.2, 0) is 4.74 Å². The summed E-state index contributed by atoms with van der Waals surface area (Å²) in [5.41, 5.74) is 6.54. The highest BCUT2D eigenvalue weighted by Gasteiger charge is 2.25. The lowest BCUT2D eigenvalue weighted by atomic mass is 10.3. The van der Waals surface area contributed by atoms with Crippen LogP contribution in [0.4, 0.5) is 16.3 Å². The monoisotopic (exact) mass is 344 g/mol.